The van der Waals surface area contributed by atoms with E-state index in [4.69, 9.17) is 4.74 Å². The lowest BCUT2D eigenvalue weighted by molar-refractivity contribution is -0.116. The van der Waals surface area contributed by atoms with Crippen molar-refractivity contribution >= 4 is 11.6 Å². The maximum Gasteiger partial charge on any atom is 0.224 e. The number of hydrogen-bond donors (Lipinski definition) is 1. The Labute approximate surface area is 158 Å². The van der Waals surface area contributed by atoms with E-state index in [0.717, 1.165) is 51.8 Å². The minimum Gasteiger partial charge on any atom is -0.379 e. The Bertz CT molecular complexity index is 759. The number of amides is 1. The lowest BCUT2D eigenvalue weighted by atomic mass is 10.0. The second-order valence-corrected chi connectivity index (χ2v) is 6.66. The molecule has 3 rings (SSSR count). The van der Waals surface area contributed by atoms with E-state index >= 15 is 0 Å². The van der Waals surface area contributed by atoms with Crippen molar-refractivity contribution in [2.45, 2.75) is 19.3 Å². The summed E-state index contributed by atoms with van der Waals surface area (Å²) in [6.07, 6.45) is 2.29. The number of benzene rings is 2. The number of hydrogen-bond acceptors (Lipinski definition) is 3. The van der Waals surface area contributed by atoms with Crippen LogP contribution in [0, 0.1) is 11.6 Å². The van der Waals surface area contributed by atoms with Gasteiger partial charge in [0.05, 0.1) is 13.2 Å². The Kier molecular flexibility index (Phi) is 6.90. The van der Waals surface area contributed by atoms with Crippen LogP contribution in [0.3, 0.4) is 0 Å². The summed E-state index contributed by atoms with van der Waals surface area (Å²) in [5.74, 6) is -1.24. The molecule has 1 aliphatic rings. The van der Waals surface area contributed by atoms with Gasteiger partial charge in [0.1, 0.15) is 11.6 Å². The zero-order valence-corrected chi connectivity index (χ0v) is 15.2. The van der Waals surface area contributed by atoms with E-state index < -0.39 is 11.6 Å². The highest BCUT2D eigenvalue weighted by Crippen LogP contribution is 2.25. The van der Waals surface area contributed by atoms with E-state index in [9.17, 15) is 13.6 Å². The smallest absolute Gasteiger partial charge is 0.224 e. The van der Waals surface area contributed by atoms with E-state index in [1.807, 2.05) is 0 Å². The number of rotatable bonds is 7. The number of carbonyl (C=O) groups excluding carboxylic acids is 1. The van der Waals surface area contributed by atoms with Gasteiger partial charge in [-0.3, -0.25) is 9.69 Å². The number of morpholine rings is 1. The topological polar surface area (TPSA) is 41.6 Å². The highest BCUT2D eigenvalue weighted by atomic mass is 19.1. The first-order valence-corrected chi connectivity index (χ1v) is 9.27. The number of halogens is 2. The zero-order chi connectivity index (χ0) is 19.1. The lowest BCUT2D eigenvalue weighted by Crippen LogP contribution is -2.36. The van der Waals surface area contributed by atoms with Crippen LogP contribution < -0.4 is 5.32 Å². The van der Waals surface area contributed by atoms with Crippen LogP contribution in [0.25, 0.3) is 11.1 Å². The molecule has 0 unspecified atom stereocenters. The summed E-state index contributed by atoms with van der Waals surface area (Å²) in [6, 6.07) is 10.4. The minimum atomic E-state index is -0.605. The molecule has 1 heterocycles. The maximum atomic E-state index is 13.8. The predicted molar refractivity (Wildman–Crippen MR) is 102 cm³/mol. The SMILES string of the molecule is O=C(CCCCN1CCOCC1)Nc1ccc(-c2ccc(F)cc2F)cc1. The quantitative estimate of drug-likeness (QED) is 0.743. The van der Waals surface area contributed by atoms with Gasteiger partial charge >= 0.3 is 0 Å². The molecule has 2 aromatic carbocycles. The molecule has 0 radical (unpaired) electrons. The summed E-state index contributed by atoms with van der Waals surface area (Å²) in [6.45, 7) is 4.51. The molecule has 4 nitrogen and oxygen atoms in total. The molecule has 1 N–H and O–H groups in total. The van der Waals surface area contributed by atoms with Gasteiger partial charge in [-0.05, 0) is 49.2 Å². The van der Waals surface area contributed by atoms with Crippen LogP contribution in [0.15, 0.2) is 42.5 Å². The molecule has 1 amide bonds. The second kappa shape index (κ2) is 9.58. The van der Waals surface area contributed by atoms with Crippen molar-refractivity contribution in [3.63, 3.8) is 0 Å². The Hall–Kier alpha value is -2.31. The Morgan fingerprint density at radius 2 is 1.78 bits per heavy atom. The third-order valence-electron chi connectivity index (χ3n) is 4.64. The largest absolute Gasteiger partial charge is 0.379 e. The van der Waals surface area contributed by atoms with Crippen LogP contribution in [0.5, 0.6) is 0 Å². The third-order valence-corrected chi connectivity index (χ3v) is 4.64. The zero-order valence-electron chi connectivity index (χ0n) is 15.2. The molecular formula is C21H24F2N2O2. The molecule has 1 saturated heterocycles. The first-order valence-electron chi connectivity index (χ1n) is 9.27. The molecule has 1 aliphatic heterocycles. The lowest BCUT2D eigenvalue weighted by Gasteiger charge is -2.26. The molecule has 0 aromatic heterocycles. The number of nitrogens with one attached hydrogen (secondary N) is 1. The number of unbranched alkanes of at least 4 members (excludes halogenated alkanes) is 1. The second-order valence-electron chi connectivity index (χ2n) is 6.66. The van der Waals surface area contributed by atoms with Crippen LogP contribution in [-0.2, 0) is 9.53 Å². The van der Waals surface area contributed by atoms with Crippen molar-refractivity contribution in [2.75, 3.05) is 38.2 Å². The predicted octanol–water partition coefficient (Wildman–Crippen LogP) is 4.07. The summed E-state index contributed by atoms with van der Waals surface area (Å²) in [5, 5.41) is 2.86. The highest BCUT2D eigenvalue weighted by molar-refractivity contribution is 5.90. The number of carbonyl (C=O) groups is 1. The van der Waals surface area contributed by atoms with Gasteiger partial charge in [-0.1, -0.05) is 12.1 Å². The van der Waals surface area contributed by atoms with E-state index in [2.05, 4.69) is 10.2 Å². The van der Waals surface area contributed by atoms with Gasteiger partial charge in [-0.2, -0.15) is 0 Å². The monoisotopic (exact) mass is 374 g/mol. The summed E-state index contributed by atoms with van der Waals surface area (Å²) in [5.41, 5.74) is 1.63. The van der Waals surface area contributed by atoms with Gasteiger partial charge in [0.25, 0.3) is 0 Å². The molecular weight excluding hydrogens is 350 g/mol. The first kappa shape index (κ1) is 19.5. The first-order chi connectivity index (χ1) is 13.1. The third kappa shape index (κ3) is 5.84. The van der Waals surface area contributed by atoms with Crippen molar-refractivity contribution in [3.05, 3.63) is 54.1 Å². The van der Waals surface area contributed by atoms with Gasteiger partial charge in [-0.15, -0.1) is 0 Å². The molecule has 0 aliphatic carbocycles. The van der Waals surface area contributed by atoms with Crippen LogP contribution in [-0.4, -0.2) is 43.7 Å². The molecule has 6 heteroatoms. The van der Waals surface area contributed by atoms with E-state index in [0.29, 0.717) is 23.2 Å². The van der Waals surface area contributed by atoms with E-state index in [1.54, 1.807) is 24.3 Å². The van der Waals surface area contributed by atoms with Gasteiger partial charge in [0, 0.05) is 36.8 Å². The fraction of sp³-hybridized carbons (Fsp3) is 0.381. The molecule has 0 saturated carbocycles. The average Bonchev–Trinajstić information content (AvgIpc) is 2.67. The van der Waals surface area contributed by atoms with Crippen molar-refractivity contribution < 1.29 is 18.3 Å². The van der Waals surface area contributed by atoms with Crippen LogP contribution in [0.4, 0.5) is 14.5 Å². The summed E-state index contributed by atoms with van der Waals surface area (Å²) >= 11 is 0. The average molecular weight is 374 g/mol. The molecule has 0 spiro atoms. The number of anilines is 1. The van der Waals surface area contributed by atoms with Gasteiger partial charge < -0.3 is 10.1 Å². The Morgan fingerprint density at radius 1 is 1.04 bits per heavy atom. The van der Waals surface area contributed by atoms with Crippen LogP contribution >= 0.6 is 0 Å². The molecule has 27 heavy (non-hydrogen) atoms. The van der Waals surface area contributed by atoms with Crippen LogP contribution in [0.2, 0.25) is 0 Å². The molecule has 0 atom stereocenters. The maximum absolute atomic E-state index is 13.8. The highest BCUT2D eigenvalue weighted by Gasteiger charge is 2.10. The van der Waals surface area contributed by atoms with Crippen molar-refractivity contribution in [2.24, 2.45) is 0 Å². The van der Waals surface area contributed by atoms with Crippen molar-refractivity contribution in [3.8, 4) is 11.1 Å². The fourth-order valence-corrected chi connectivity index (χ4v) is 3.13. The van der Waals surface area contributed by atoms with Gasteiger partial charge in [0.2, 0.25) is 5.91 Å². The molecule has 2 aromatic rings. The summed E-state index contributed by atoms with van der Waals surface area (Å²) < 4.78 is 32.2. The fourth-order valence-electron chi connectivity index (χ4n) is 3.13. The summed E-state index contributed by atoms with van der Waals surface area (Å²) in [7, 11) is 0. The Balaban J connectivity index is 1.44. The van der Waals surface area contributed by atoms with Crippen molar-refractivity contribution in [1.29, 1.82) is 0 Å². The summed E-state index contributed by atoms with van der Waals surface area (Å²) in [4.78, 5) is 14.4. The normalized spacial score (nSPS) is 14.9. The molecule has 144 valence electrons. The van der Waals surface area contributed by atoms with Crippen LogP contribution in [0.1, 0.15) is 19.3 Å². The minimum absolute atomic E-state index is 0.0299. The van der Waals surface area contributed by atoms with Crippen molar-refractivity contribution in [1.82, 2.24) is 4.90 Å². The van der Waals surface area contributed by atoms with Gasteiger partial charge in [0.15, 0.2) is 0 Å². The van der Waals surface area contributed by atoms with E-state index in [-0.39, 0.29) is 5.91 Å². The van der Waals surface area contributed by atoms with E-state index in [1.165, 1.54) is 12.1 Å². The van der Waals surface area contributed by atoms with Gasteiger partial charge in [-0.25, -0.2) is 8.78 Å². The molecule has 0 bridgehead atoms. The number of nitrogens with zero attached hydrogens (tertiary/aromatic N) is 1. The Morgan fingerprint density at radius 3 is 2.48 bits per heavy atom. The number of ether oxygens (including phenoxy) is 1. The standard InChI is InChI=1S/C21H24F2N2O2/c22-17-6-9-19(20(23)15-17)16-4-7-18(8-5-16)24-21(26)3-1-2-10-25-11-13-27-14-12-25/h4-9,15H,1-3,10-14H2,(H,24,26). The molecule has 1 fully saturated rings.